The van der Waals surface area contributed by atoms with Crippen LogP contribution in [0.4, 0.5) is 0 Å². The van der Waals surface area contributed by atoms with Gasteiger partial charge in [0.25, 0.3) is 0 Å². The van der Waals surface area contributed by atoms with Gasteiger partial charge in [-0.05, 0) is 48.8 Å². The highest BCUT2D eigenvalue weighted by Crippen LogP contribution is 2.25. The number of aryl methyl sites for hydroxylation is 2. The summed E-state index contributed by atoms with van der Waals surface area (Å²) in [6.07, 6.45) is 3.83. The molecule has 0 saturated carbocycles. The number of fused-ring (bicyclic) bond motifs is 1. The van der Waals surface area contributed by atoms with Gasteiger partial charge in [0.2, 0.25) is 0 Å². The second-order valence-electron chi connectivity index (χ2n) is 6.08. The van der Waals surface area contributed by atoms with E-state index in [4.69, 9.17) is 4.74 Å². The van der Waals surface area contributed by atoms with Crippen LogP contribution in [-0.4, -0.2) is 19.8 Å². The fraction of sp³-hybridized carbons (Fsp3) is 0.647. The van der Waals surface area contributed by atoms with Crippen LogP contribution in [0.3, 0.4) is 0 Å². The predicted molar refractivity (Wildman–Crippen MR) is 80.5 cm³/mol. The van der Waals surface area contributed by atoms with Crippen molar-refractivity contribution in [2.24, 2.45) is 5.92 Å². The molecule has 0 saturated heterocycles. The van der Waals surface area contributed by atoms with Gasteiger partial charge in [0.1, 0.15) is 0 Å². The van der Waals surface area contributed by atoms with Crippen molar-refractivity contribution in [1.82, 2.24) is 5.32 Å². The summed E-state index contributed by atoms with van der Waals surface area (Å²) in [5.74, 6) is 0.580. The van der Waals surface area contributed by atoms with Crippen LogP contribution in [0.2, 0.25) is 0 Å². The molecular weight excluding hydrogens is 234 g/mol. The zero-order valence-corrected chi connectivity index (χ0v) is 12.7. The summed E-state index contributed by atoms with van der Waals surface area (Å²) in [6.45, 7) is 7.51. The maximum Gasteiger partial charge on any atom is 0.0618 e. The Labute approximate surface area is 117 Å². The Hall–Kier alpha value is -0.860. The van der Waals surface area contributed by atoms with Crippen molar-refractivity contribution in [3.63, 3.8) is 0 Å². The maximum absolute atomic E-state index is 5.31. The molecule has 0 aromatic heterocycles. The van der Waals surface area contributed by atoms with E-state index in [1.54, 1.807) is 18.2 Å². The van der Waals surface area contributed by atoms with E-state index < -0.39 is 0 Å². The molecule has 2 heteroatoms. The average Bonchev–Trinajstić information content (AvgIpc) is 2.85. The highest BCUT2D eigenvalue weighted by molar-refractivity contribution is 5.36. The Kier molecular flexibility index (Phi) is 5.00. The van der Waals surface area contributed by atoms with Crippen LogP contribution in [0.5, 0.6) is 0 Å². The zero-order valence-electron chi connectivity index (χ0n) is 12.7. The number of methoxy groups -OCH3 is 1. The summed E-state index contributed by atoms with van der Waals surface area (Å²) in [5, 5.41) is 3.70. The molecule has 106 valence electrons. The number of hydrogen-bond acceptors (Lipinski definition) is 2. The van der Waals surface area contributed by atoms with Crippen molar-refractivity contribution in [3.05, 3.63) is 34.9 Å². The van der Waals surface area contributed by atoms with Crippen LogP contribution < -0.4 is 5.32 Å². The topological polar surface area (TPSA) is 21.3 Å². The van der Waals surface area contributed by atoms with E-state index in [2.05, 4.69) is 44.3 Å². The molecule has 0 aliphatic heterocycles. The lowest BCUT2D eigenvalue weighted by molar-refractivity contribution is 0.141. The normalized spacial score (nSPS) is 17.5. The van der Waals surface area contributed by atoms with Crippen molar-refractivity contribution in [2.45, 2.75) is 52.1 Å². The van der Waals surface area contributed by atoms with Gasteiger partial charge in [0.15, 0.2) is 0 Å². The molecule has 0 amide bonds. The Morgan fingerprint density at radius 1 is 1.16 bits per heavy atom. The predicted octanol–water partition coefficient (Wildman–Crippen LogP) is 3.50. The third kappa shape index (κ3) is 3.58. The van der Waals surface area contributed by atoms with Crippen LogP contribution in [0.15, 0.2) is 18.2 Å². The molecule has 1 aliphatic carbocycles. The molecule has 2 unspecified atom stereocenters. The summed E-state index contributed by atoms with van der Waals surface area (Å²) >= 11 is 0. The standard InChI is InChI=1S/C17H27NO/c1-12(2)17(11-19-4)18-13(3)15-9-8-14-6-5-7-16(14)10-15/h8-10,12-13,17-18H,5-7,11H2,1-4H3. The van der Waals surface area contributed by atoms with Gasteiger partial charge in [-0.3, -0.25) is 0 Å². The van der Waals surface area contributed by atoms with Gasteiger partial charge >= 0.3 is 0 Å². The Balaban J connectivity index is 2.04. The fourth-order valence-electron chi connectivity index (χ4n) is 2.89. The highest BCUT2D eigenvalue weighted by Gasteiger charge is 2.18. The molecule has 0 heterocycles. The maximum atomic E-state index is 5.31. The Morgan fingerprint density at radius 3 is 2.58 bits per heavy atom. The summed E-state index contributed by atoms with van der Waals surface area (Å²) in [6, 6.07) is 7.79. The highest BCUT2D eigenvalue weighted by atomic mass is 16.5. The van der Waals surface area contributed by atoms with E-state index in [0.717, 1.165) is 6.61 Å². The largest absolute Gasteiger partial charge is 0.383 e. The molecule has 0 fully saturated rings. The van der Waals surface area contributed by atoms with Gasteiger partial charge in [-0.1, -0.05) is 32.0 Å². The van der Waals surface area contributed by atoms with Crippen molar-refractivity contribution in [1.29, 1.82) is 0 Å². The van der Waals surface area contributed by atoms with Gasteiger partial charge in [-0.15, -0.1) is 0 Å². The van der Waals surface area contributed by atoms with E-state index in [1.807, 2.05) is 0 Å². The first-order valence-electron chi connectivity index (χ1n) is 7.48. The van der Waals surface area contributed by atoms with Crippen LogP contribution in [0, 0.1) is 5.92 Å². The first-order chi connectivity index (χ1) is 9.11. The molecule has 1 aromatic rings. The first kappa shape index (κ1) is 14.5. The minimum Gasteiger partial charge on any atom is -0.383 e. The Bertz CT molecular complexity index is 414. The summed E-state index contributed by atoms with van der Waals surface area (Å²) in [4.78, 5) is 0. The number of ether oxygens (including phenoxy) is 1. The number of nitrogens with one attached hydrogen (secondary N) is 1. The van der Waals surface area contributed by atoms with Gasteiger partial charge < -0.3 is 10.1 Å². The second kappa shape index (κ2) is 6.53. The molecule has 2 rings (SSSR count). The lowest BCUT2D eigenvalue weighted by Crippen LogP contribution is -2.39. The van der Waals surface area contributed by atoms with Crippen molar-refractivity contribution in [2.75, 3.05) is 13.7 Å². The molecule has 0 bridgehead atoms. The number of hydrogen-bond donors (Lipinski definition) is 1. The Morgan fingerprint density at radius 2 is 1.89 bits per heavy atom. The third-order valence-corrected chi connectivity index (χ3v) is 4.24. The molecule has 2 atom stereocenters. The molecular formula is C17H27NO. The van der Waals surface area contributed by atoms with Gasteiger partial charge in [-0.25, -0.2) is 0 Å². The van der Waals surface area contributed by atoms with Gasteiger partial charge in [0, 0.05) is 19.2 Å². The minimum atomic E-state index is 0.383. The zero-order chi connectivity index (χ0) is 13.8. The molecule has 0 radical (unpaired) electrons. The van der Waals surface area contributed by atoms with Crippen molar-refractivity contribution in [3.8, 4) is 0 Å². The summed E-state index contributed by atoms with van der Waals surface area (Å²) < 4.78 is 5.31. The van der Waals surface area contributed by atoms with Crippen LogP contribution in [-0.2, 0) is 17.6 Å². The second-order valence-corrected chi connectivity index (χ2v) is 6.08. The smallest absolute Gasteiger partial charge is 0.0618 e. The SMILES string of the molecule is COCC(NC(C)c1ccc2c(c1)CCC2)C(C)C. The molecule has 0 spiro atoms. The van der Waals surface area contributed by atoms with Crippen LogP contribution in [0.1, 0.15) is 49.9 Å². The van der Waals surface area contributed by atoms with E-state index in [1.165, 1.54) is 24.8 Å². The molecule has 1 aliphatic rings. The van der Waals surface area contributed by atoms with E-state index in [9.17, 15) is 0 Å². The minimum absolute atomic E-state index is 0.383. The summed E-state index contributed by atoms with van der Waals surface area (Å²) in [5.41, 5.74) is 4.51. The van der Waals surface area contributed by atoms with Crippen molar-refractivity contribution < 1.29 is 4.74 Å². The van der Waals surface area contributed by atoms with Crippen LogP contribution in [0.25, 0.3) is 0 Å². The number of benzene rings is 1. The van der Waals surface area contributed by atoms with Crippen molar-refractivity contribution >= 4 is 0 Å². The first-order valence-corrected chi connectivity index (χ1v) is 7.48. The fourth-order valence-corrected chi connectivity index (χ4v) is 2.89. The van der Waals surface area contributed by atoms with Crippen LogP contribution >= 0.6 is 0 Å². The van der Waals surface area contributed by atoms with E-state index >= 15 is 0 Å². The van der Waals surface area contributed by atoms with Gasteiger partial charge in [-0.2, -0.15) is 0 Å². The lowest BCUT2D eigenvalue weighted by atomic mass is 9.99. The molecule has 2 nitrogen and oxygen atoms in total. The quantitative estimate of drug-likeness (QED) is 0.846. The average molecular weight is 261 g/mol. The monoisotopic (exact) mass is 261 g/mol. The number of rotatable bonds is 6. The van der Waals surface area contributed by atoms with E-state index in [0.29, 0.717) is 18.0 Å². The summed E-state index contributed by atoms with van der Waals surface area (Å²) in [7, 11) is 1.77. The lowest BCUT2D eigenvalue weighted by Gasteiger charge is -2.26. The molecule has 1 aromatic carbocycles. The van der Waals surface area contributed by atoms with Gasteiger partial charge in [0.05, 0.1) is 6.61 Å². The molecule has 1 N–H and O–H groups in total. The van der Waals surface area contributed by atoms with E-state index in [-0.39, 0.29) is 0 Å². The third-order valence-electron chi connectivity index (χ3n) is 4.24. The molecule has 19 heavy (non-hydrogen) atoms.